The maximum Gasteiger partial charge on any atom is 0.335 e. The van der Waals surface area contributed by atoms with Crippen molar-refractivity contribution >= 4 is 5.97 Å². The van der Waals surface area contributed by atoms with Gasteiger partial charge in [0, 0.05) is 11.1 Å². The Balaban J connectivity index is 1.99. The summed E-state index contributed by atoms with van der Waals surface area (Å²) in [5.74, 6) is -0.0113. The van der Waals surface area contributed by atoms with Crippen LogP contribution in [0.5, 0.6) is 5.75 Å². The predicted octanol–water partition coefficient (Wildman–Crippen LogP) is 4.07. The molecule has 0 bridgehead atoms. The second-order valence-corrected chi connectivity index (χ2v) is 6.20. The van der Waals surface area contributed by atoms with Crippen molar-refractivity contribution in [2.24, 2.45) is 0 Å². The molecule has 136 valence electrons. The monoisotopic (exact) mass is 363 g/mol. The fraction of sp³-hybridized carbons (Fsp3) is 0.200. The van der Waals surface area contributed by atoms with Gasteiger partial charge in [0.15, 0.2) is 0 Å². The van der Waals surface area contributed by atoms with Crippen molar-refractivity contribution in [3.8, 4) is 34.7 Å². The summed E-state index contributed by atoms with van der Waals surface area (Å²) in [6, 6.07) is 12.0. The van der Waals surface area contributed by atoms with E-state index in [2.05, 4.69) is 16.2 Å². The van der Waals surface area contributed by atoms with E-state index in [-0.39, 0.29) is 23.4 Å². The molecule has 0 saturated heterocycles. The number of carbonyl (C=O) groups is 1. The lowest BCUT2D eigenvalue weighted by atomic mass is 10.0. The highest BCUT2D eigenvalue weighted by molar-refractivity contribution is 5.91. The minimum absolute atomic E-state index is 0.0533. The number of rotatable bonds is 5. The normalized spacial score (nSPS) is 10.6. The van der Waals surface area contributed by atoms with Gasteiger partial charge in [-0.1, -0.05) is 17.3 Å². The molecule has 0 unspecified atom stereocenters. The molecule has 0 fully saturated rings. The van der Waals surface area contributed by atoms with Crippen LogP contribution in [0.15, 0.2) is 40.9 Å². The van der Waals surface area contributed by atoms with Crippen molar-refractivity contribution in [1.82, 2.24) is 10.1 Å². The Morgan fingerprint density at radius 1 is 1.30 bits per heavy atom. The molecule has 0 radical (unpaired) electrons. The second kappa shape index (κ2) is 7.30. The molecule has 3 rings (SSSR count). The summed E-state index contributed by atoms with van der Waals surface area (Å²) in [4.78, 5) is 15.7. The molecule has 2 aromatic carbocycles. The van der Waals surface area contributed by atoms with Gasteiger partial charge >= 0.3 is 5.97 Å². The SMILES string of the molecule is Cc1c(C(=O)O)cccc1-c1noc(-c2ccc(OC(C)C)c(C#N)c2)n1. The first-order valence-corrected chi connectivity index (χ1v) is 8.29. The smallest absolute Gasteiger partial charge is 0.335 e. The number of benzene rings is 2. The molecule has 1 aromatic heterocycles. The van der Waals surface area contributed by atoms with Gasteiger partial charge in [-0.15, -0.1) is 0 Å². The molecule has 0 aliphatic carbocycles. The molecule has 0 spiro atoms. The molecule has 1 heterocycles. The first kappa shape index (κ1) is 18.1. The summed E-state index contributed by atoms with van der Waals surface area (Å²) in [7, 11) is 0. The van der Waals surface area contributed by atoms with E-state index < -0.39 is 5.97 Å². The molecule has 0 saturated carbocycles. The second-order valence-electron chi connectivity index (χ2n) is 6.20. The van der Waals surface area contributed by atoms with Crippen LogP contribution in [0.3, 0.4) is 0 Å². The number of aromatic nitrogens is 2. The van der Waals surface area contributed by atoms with Crippen LogP contribution >= 0.6 is 0 Å². The predicted molar refractivity (Wildman–Crippen MR) is 97.3 cm³/mol. The van der Waals surface area contributed by atoms with Crippen LogP contribution in [0.4, 0.5) is 0 Å². The van der Waals surface area contributed by atoms with E-state index in [1.165, 1.54) is 6.07 Å². The molecule has 0 amide bonds. The quantitative estimate of drug-likeness (QED) is 0.727. The van der Waals surface area contributed by atoms with Crippen LogP contribution in [-0.2, 0) is 0 Å². The number of nitrogens with zero attached hydrogens (tertiary/aromatic N) is 3. The molecular formula is C20H17N3O4. The van der Waals surface area contributed by atoms with Gasteiger partial charge in [-0.3, -0.25) is 0 Å². The van der Waals surface area contributed by atoms with Gasteiger partial charge in [-0.2, -0.15) is 10.2 Å². The lowest BCUT2D eigenvalue weighted by molar-refractivity contribution is 0.0696. The van der Waals surface area contributed by atoms with Gasteiger partial charge in [0.25, 0.3) is 5.89 Å². The molecule has 27 heavy (non-hydrogen) atoms. The fourth-order valence-electron chi connectivity index (χ4n) is 2.67. The Morgan fingerprint density at radius 3 is 2.74 bits per heavy atom. The molecule has 1 N–H and O–H groups in total. The van der Waals surface area contributed by atoms with Crippen LogP contribution in [0.1, 0.15) is 35.3 Å². The Kier molecular flexibility index (Phi) is 4.90. The van der Waals surface area contributed by atoms with Gasteiger partial charge in [-0.05, 0) is 50.6 Å². The zero-order valence-corrected chi connectivity index (χ0v) is 15.1. The summed E-state index contributed by atoms with van der Waals surface area (Å²) in [5, 5.41) is 22.6. The number of ether oxygens (including phenoxy) is 1. The number of hydrogen-bond acceptors (Lipinski definition) is 6. The average Bonchev–Trinajstić information content (AvgIpc) is 3.11. The van der Waals surface area contributed by atoms with E-state index in [0.29, 0.717) is 28.0 Å². The van der Waals surface area contributed by atoms with Crippen LogP contribution in [0, 0.1) is 18.3 Å². The number of aromatic carboxylic acids is 1. The summed E-state index contributed by atoms with van der Waals surface area (Å²) < 4.78 is 10.9. The average molecular weight is 363 g/mol. The summed E-state index contributed by atoms with van der Waals surface area (Å²) >= 11 is 0. The third kappa shape index (κ3) is 3.65. The number of carboxylic acid groups (broad SMARTS) is 1. The van der Waals surface area contributed by atoms with E-state index in [9.17, 15) is 15.2 Å². The third-order valence-electron chi connectivity index (χ3n) is 3.94. The zero-order valence-electron chi connectivity index (χ0n) is 15.1. The van der Waals surface area contributed by atoms with E-state index in [1.807, 2.05) is 13.8 Å². The topological polar surface area (TPSA) is 109 Å². The van der Waals surface area contributed by atoms with Crippen LogP contribution in [0.25, 0.3) is 22.8 Å². The molecule has 7 heteroatoms. The number of hydrogen-bond donors (Lipinski definition) is 1. The van der Waals surface area contributed by atoms with Crippen molar-refractivity contribution in [2.45, 2.75) is 26.9 Å². The molecule has 0 aliphatic rings. The standard InChI is InChI=1S/C20H17N3O4/c1-11(2)26-17-8-7-13(9-14(17)10-21)19-22-18(23-27-19)15-5-4-6-16(12(15)3)20(24)25/h4-9,11H,1-3H3,(H,24,25). The Morgan fingerprint density at radius 2 is 2.07 bits per heavy atom. The highest BCUT2D eigenvalue weighted by atomic mass is 16.5. The molecular weight excluding hydrogens is 346 g/mol. The van der Waals surface area contributed by atoms with Crippen LogP contribution < -0.4 is 4.74 Å². The van der Waals surface area contributed by atoms with Gasteiger partial charge in [0.05, 0.1) is 17.2 Å². The van der Waals surface area contributed by atoms with E-state index in [0.717, 1.165) is 0 Å². The van der Waals surface area contributed by atoms with Crippen molar-refractivity contribution in [3.63, 3.8) is 0 Å². The Labute approximate surface area is 155 Å². The summed E-state index contributed by atoms with van der Waals surface area (Å²) in [5.41, 5.74) is 2.25. The lowest BCUT2D eigenvalue weighted by Gasteiger charge is -2.11. The van der Waals surface area contributed by atoms with Crippen molar-refractivity contribution in [1.29, 1.82) is 5.26 Å². The van der Waals surface area contributed by atoms with Crippen LogP contribution in [-0.4, -0.2) is 27.3 Å². The van der Waals surface area contributed by atoms with Crippen molar-refractivity contribution in [2.75, 3.05) is 0 Å². The van der Waals surface area contributed by atoms with Crippen LogP contribution in [0.2, 0.25) is 0 Å². The Hall–Kier alpha value is -3.66. The van der Waals surface area contributed by atoms with E-state index in [1.54, 1.807) is 37.3 Å². The fourth-order valence-corrected chi connectivity index (χ4v) is 2.67. The Bertz CT molecular complexity index is 1050. The van der Waals surface area contributed by atoms with E-state index >= 15 is 0 Å². The van der Waals surface area contributed by atoms with Gasteiger partial charge in [0.2, 0.25) is 5.82 Å². The first-order chi connectivity index (χ1) is 12.9. The summed E-state index contributed by atoms with van der Waals surface area (Å²) in [6.45, 7) is 5.46. The van der Waals surface area contributed by atoms with Crippen molar-refractivity contribution in [3.05, 3.63) is 53.1 Å². The minimum atomic E-state index is -1.02. The summed E-state index contributed by atoms with van der Waals surface area (Å²) in [6.07, 6.45) is -0.0533. The molecule has 0 aliphatic heterocycles. The van der Waals surface area contributed by atoms with Gasteiger partial charge in [0.1, 0.15) is 11.8 Å². The minimum Gasteiger partial charge on any atom is -0.490 e. The van der Waals surface area contributed by atoms with Gasteiger partial charge < -0.3 is 14.4 Å². The van der Waals surface area contributed by atoms with Gasteiger partial charge in [-0.25, -0.2) is 4.79 Å². The number of nitriles is 1. The first-order valence-electron chi connectivity index (χ1n) is 8.29. The van der Waals surface area contributed by atoms with Crippen molar-refractivity contribution < 1.29 is 19.2 Å². The molecule has 7 nitrogen and oxygen atoms in total. The van der Waals surface area contributed by atoms with E-state index in [4.69, 9.17) is 9.26 Å². The highest BCUT2D eigenvalue weighted by Gasteiger charge is 2.17. The largest absolute Gasteiger partial charge is 0.490 e. The highest BCUT2D eigenvalue weighted by Crippen LogP contribution is 2.29. The third-order valence-corrected chi connectivity index (χ3v) is 3.94. The number of carboxylic acids is 1. The maximum absolute atomic E-state index is 11.3. The maximum atomic E-state index is 11.3. The zero-order chi connectivity index (χ0) is 19.6. The molecule has 0 atom stereocenters. The lowest BCUT2D eigenvalue weighted by Crippen LogP contribution is -2.06. The molecule has 3 aromatic rings.